The van der Waals surface area contributed by atoms with Crippen LogP contribution in [0.5, 0.6) is 0 Å². The third kappa shape index (κ3) is 7.00. The molecule has 0 aliphatic heterocycles. The van der Waals surface area contributed by atoms with E-state index < -0.39 is 0 Å². The molecule has 0 rings (SSSR count). The van der Waals surface area contributed by atoms with Gasteiger partial charge in [-0.25, -0.2) is 0 Å². The molecule has 0 radical (unpaired) electrons. The molecule has 2 N–H and O–H groups in total. The molecule has 0 fully saturated rings. The Bertz CT molecular complexity index is 211. The lowest BCUT2D eigenvalue weighted by molar-refractivity contribution is -0.133. The van der Waals surface area contributed by atoms with Gasteiger partial charge in [0, 0.05) is 19.0 Å². The van der Waals surface area contributed by atoms with Gasteiger partial charge < -0.3 is 10.6 Å². The molecule has 1 amide bonds. The number of hydrogen-bond acceptors (Lipinski definition) is 2. The van der Waals surface area contributed by atoms with E-state index in [0.717, 1.165) is 32.4 Å². The number of carbonyl (C=O) groups excluding carboxylic acids is 1. The first-order valence-electron chi connectivity index (χ1n) is 7.56. The average Bonchev–Trinajstić information content (AvgIpc) is 2.32. The van der Waals surface area contributed by atoms with Crippen molar-refractivity contribution in [3.63, 3.8) is 0 Å². The third-order valence-corrected chi connectivity index (χ3v) is 3.45. The van der Waals surface area contributed by atoms with E-state index in [1.807, 2.05) is 4.90 Å². The number of amides is 1. The first-order chi connectivity index (χ1) is 8.56. The summed E-state index contributed by atoms with van der Waals surface area (Å²) in [6.45, 7) is 10.1. The summed E-state index contributed by atoms with van der Waals surface area (Å²) >= 11 is 0. The van der Waals surface area contributed by atoms with Gasteiger partial charge in [0.1, 0.15) is 0 Å². The second-order valence-corrected chi connectivity index (χ2v) is 5.45. The monoisotopic (exact) mass is 256 g/mol. The largest absolute Gasteiger partial charge is 0.340 e. The Morgan fingerprint density at radius 3 is 2.22 bits per heavy atom. The average molecular weight is 256 g/mol. The van der Waals surface area contributed by atoms with Crippen LogP contribution in [0.25, 0.3) is 0 Å². The minimum Gasteiger partial charge on any atom is -0.340 e. The molecule has 0 saturated heterocycles. The molecule has 1 unspecified atom stereocenters. The van der Waals surface area contributed by atoms with Crippen molar-refractivity contribution >= 4 is 5.91 Å². The Kier molecular flexibility index (Phi) is 10.0. The lowest BCUT2D eigenvalue weighted by Gasteiger charge is -2.27. The molecule has 1 atom stereocenters. The van der Waals surface area contributed by atoms with Gasteiger partial charge in [0.15, 0.2) is 0 Å². The maximum absolute atomic E-state index is 12.2. The van der Waals surface area contributed by atoms with Crippen LogP contribution in [-0.2, 0) is 4.79 Å². The van der Waals surface area contributed by atoms with Crippen molar-refractivity contribution in [2.75, 3.05) is 13.1 Å². The van der Waals surface area contributed by atoms with Crippen LogP contribution in [0, 0.1) is 5.92 Å². The molecule has 18 heavy (non-hydrogen) atoms. The second-order valence-electron chi connectivity index (χ2n) is 5.45. The van der Waals surface area contributed by atoms with Gasteiger partial charge in [0.05, 0.1) is 0 Å². The van der Waals surface area contributed by atoms with Crippen LogP contribution < -0.4 is 5.73 Å². The van der Waals surface area contributed by atoms with Gasteiger partial charge in [0.25, 0.3) is 0 Å². The summed E-state index contributed by atoms with van der Waals surface area (Å²) in [7, 11) is 0. The fourth-order valence-corrected chi connectivity index (χ4v) is 2.46. The molecular weight excluding hydrogens is 224 g/mol. The highest BCUT2D eigenvalue weighted by molar-refractivity contribution is 5.76. The second kappa shape index (κ2) is 10.4. The SMILES string of the molecule is CCCC(CCN)CCC(=O)N(CCC)C(C)C. The van der Waals surface area contributed by atoms with Crippen molar-refractivity contribution in [2.45, 2.75) is 72.3 Å². The van der Waals surface area contributed by atoms with Gasteiger partial charge in [-0.2, -0.15) is 0 Å². The summed E-state index contributed by atoms with van der Waals surface area (Å²) in [5.41, 5.74) is 5.63. The van der Waals surface area contributed by atoms with Crippen LogP contribution in [0.1, 0.15) is 66.2 Å². The molecular formula is C15H32N2O. The lowest BCUT2D eigenvalue weighted by Crippen LogP contribution is -2.37. The van der Waals surface area contributed by atoms with Gasteiger partial charge in [-0.1, -0.05) is 26.7 Å². The number of carbonyl (C=O) groups is 1. The number of nitrogens with zero attached hydrogens (tertiary/aromatic N) is 1. The fraction of sp³-hybridized carbons (Fsp3) is 0.933. The first kappa shape index (κ1) is 17.4. The van der Waals surface area contributed by atoms with Crippen molar-refractivity contribution < 1.29 is 4.79 Å². The third-order valence-electron chi connectivity index (χ3n) is 3.45. The van der Waals surface area contributed by atoms with E-state index >= 15 is 0 Å². The molecule has 0 bridgehead atoms. The highest BCUT2D eigenvalue weighted by Crippen LogP contribution is 2.18. The number of rotatable bonds is 10. The minimum absolute atomic E-state index is 0.310. The highest BCUT2D eigenvalue weighted by Gasteiger charge is 2.17. The summed E-state index contributed by atoms with van der Waals surface area (Å²) in [4.78, 5) is 14.2. The standard InChI is InChI=1S/C15H32N2O/c1-5-7-14(10-11-16)8-9-15(18)17(12-6-2)13(3)4/h13-14H,5-12,16H2,1-4H3. The van der Waals surface area contributed by atoms with E-state index in [1.165, 1.54) is 12.8 Å². The van der Waals surface area contributed by atoms with E-state index in [9.17, 15) is 4.79 Å². The molecule has 108 valence electrons. The maximum atomic E-state index is 12.2. The van der Waals surface area contributed by atoms with Crippen LogP contribution in [0.4, 0.5) is 0 Å². The molecule has 0 aromatic rings. The molecule has 0 aliphatic rings. The fourth-order valence-electron chi connectivity index (χ4n) is 2.46. The van der Waals surface area contributed by atoms with Gasteiger partial charge in [-0.15, -0.1) is 0 Å². The van der Waals surface area contributed by atoms with E-state index in [4.69, 9.17) is 5.73 Å². The Hall–Kier alpha value is -0.570. The van der Waals surface area contributed by atoms with Crippen molar-refractivity contribution in [1.82, 2.24) is 4.90 Å². The van der Waals surface area contributed by atoms with Crippen molar-refractivity contribution in [2.24, 2.45) is 11.7 Å². The van der Waals surface area contributed by atoms with E-state index in [0.29, 0.717) is 24.3 Å². The molecule has 0 aromatic heterocycles. The summed E-state index contributed by atoms with van der Waals surface area (Å²) in [6.07, 6.45) is 6.14. The minimum atomic E-state index is 0.310. The molecule has 0 spiro atoms. The van der Waals surface area contributed by atoms with E-state index in [-0.39, 0.29) is 0 Å². The Labute approximate surface area is 113 Å². The quantitative estimate of drug-likeness (QED) is 0.652. The van der Waals surface area contributed by atoms with Crippen LogP contribution in [-0.4, -0.2) is 29.9 Å². The lowest BCUT2D eigenvalue weighted by atomic mass is 9.94. The first-order valence-corrected chi connectivity index (χ1v) is 7.56. The van der Waals surface area contributed by atoms with Crippen LogP contribution in [0.15, 0.2) is 0 Å². The predicted molar refractivity (Wildman–Crippen MR) is 78.4 cm³/mol. The van der Waals surface area contributed by atoms with Crippen LogP contribution in [0.3, 0.4) is 0 Å². The Balaban J connectivity index is 4.17. The zero-order valence-corrected chi connectivity index (χ0v) is 12.7. The van der Waals surface area contributed by atoms with Gasteiger partial charge in [0.2, 0.25) is 5.91 Å². The van der Waals surface area contributed by atoms with Crippen molar-refractivity contribution in [3.8, 4) is 0 Å². The molecule has 3 heteroatoms. The summed E-state index contributed by atoms with van der Waals surface area (Å²) < 4.78 is 0. The van der Waals surface area contributed by atoms with E-state index in [2.05, 4.69) is 27.7 Å². The normalized spacial score (nSPS) is 12.8. The van der Waals surface area contributed by atoms with Crippen LogP contribution >= 0.6 is 0 Å². The number of nitrogens with two attached hydrogens (primary N) is 1. The van der Waals surface area contributed by atoms with Crippen molar-refractivity contribution in [3.05, 3.63) is 0 Å². The zero-order chi connectivity index (χ0) is 14.0. The number of hydrogen-bond donors (Lipinski definition) is 1. The summed E-state index contributed by atoms with van der Waals surface area (Å²) in [6, 6.07) is 0.316. The Morgan fingerprint density at radius 1 is 1.11 bits per heavy atom. The Morgan fingerprint density at radius 2 is 1.78 bits per heavy atom. The molecule has 0 aromatic carbocycles. The summed E-state index contributed by atoms with van der Waals surface area (Å²) in [5.74, 6) is 0.935. The maximum Gasteiger partial charge on any atom is 0.222 e. The summed E-state index contributed by atoms with van der Waals surface area (Å²) in [5, 5.41) is 0. The molecule has 0 heterocycles. The van der Waals surface area contributed by atoms with Gasteiger partial charge >= 0.3 is 0 Å². The molecule has 0 aliphatic carbocycles. The van der Waals surface area contributed by atoms with E-state index in [1.54, 1.807) is 0 Å². The highest BCUT2D eigenvalue weighted by atomic mass is 16.2. The molecule has 0 saturated carbocycles. The van der Waals surface area contributed by atoms with Crippen molar-refractivity contribution in [1.29, 1.82) is 0 Å². The van der Waals surface area contributed by atoms with Gasteiger partial charge in [-0.3, -0.25) is 4.79 Å². The van der Waals surface area contributed by atoms with Crippen LogP contribution in [0.2, 0.25) is 0 Å². The smallest absolute Gasteiger partial charge is 0.222 e. The van der Waals surface area contributed by atoms with Gasteiger partial charge in [-0.05, 0) is 45.6 Å². The predicted octanol–water partition coefficient (Wildman–Crippen LogP) is 3.18. The zero-order valence-electron chi connectivity index (χ0n) is 12.7. The molecule has 3 nitrogen and oxygen atoms in total. The topological polar surface area (TPSA) is 46.3 Å².